The first-order chi connectivity index (χ1) is 7.13. The van der Waals surface area contributed by atoms with E-state index in [2.05, 4.69) is 60.0 Å². The van der Waals surface area contributed by atoms with Gasteiger partial charge in [0.2, 0.25) is 0 Å². The van der Waals surface area contributed by atoms with Gasteiger partial charge in [-0.3, -0.25) is 0 Å². The Morgan fingerprint density at radius 2 is 2.07 bits per heavy atom. The van der Waals surface area contributed by atoms with E-state index in [-0.39, 0.29) is 0 Å². The van der Waals surface area contributed by atoms with Crippen LogP contribution in [0.1, 0.15) is 37.8 Å². The smallest absolute Gasteiger partial charge is 0.0490 e. The molecule has 2 heteroatoms. The van der Waals surface area contributed by atoms with Crippen LogP contribution in [0.15, 0.2) is 22.8 Å². The minimum atomic E-state index is 0.567. The number of aryl methyl sites for hydroxylation is 1. The highest BCUT2D eigenvalue weighted by molar-refractivity contribution is 9.10. The van der Waals surface area contributed by atoms with Gasteiger partial charge in [-0.05, 0) is 35.6 Å². The third kappa shape index (κ3) is 1.83. The quantitative estimate of drug-likeness (QED) is 0.816. The maximum absolute atomic E-state index is 3.58. The van der Waals surface area contributed by atoms with Crippen molar-refractivity contribution in [1.82, 2.24) is 4.98 Å². The predicted molar refractivity (Wildman–Crippen MR) is 69.5 cm³/mol. The lowest BCUT2D eigenvalue weighted by Gasteiger charge is -2.05. The molecule has 0 unspecified atom stereocenters. The molecular weight excluding hydrogens is 250 g/mol. The number of hydrogen-bond acceptors (Lipinski definition) is 0. The van der Waals surface area contributed by atoms with Gasteiger partial charge in [0.25, 0.3) is 0 Å². The number of nitrogens with one attached hydrogen (secondary N) is 1. The van der Waals surface area contributed by atoms with E-state index < -0.39 is 0 Å². The molecule has 0 saturated heterocycles. The van der Waals surface area contributed by atoms with Crippen LogP contribution >= 0.6 is 15.9 Å². The van der Waals surface area contributed by atoms with Crippen molar-refractivity contribution in [3.63, 3.8) is 0 Å². The minimum absolute atomic E-state index is 0.567. The second-order valence-corrected chi connectivity index (χ2v) is 5.16. The second kappa shape index (κ2) is 4.01. The van der Waals surface area contributed by atoms with Crippen LogP contribution in [0.25, 0.3) is 10.9 Å². The van der Waals surface area contributed by atoms with Gasteiger partial charge in [0.1, 0.15) is 0 Å². The topological polar surface area (TPSA) is 15.8 Å². The lowest BCUT2D eigenvalue weighted by atomic mass is 10.0. The average molecular weight is 266 g/mol. The fraction of sp³-hybridized carbons (Fsp3) is 0.385. The molecule has 80 valence electrons. The molecule has 0 spiro atoms. The van der Waals surface area contributed by atoms with Crippen molar-refractivity contribution >= 4 is 26.8 Å². The summed E-state index contributed by atoms with van der Waals surface area (Å²) in [5, 5.41) is 1.36. The predicted octanol–water partition coefficient (Wildman–Crippen LogP) is 4.62. The Balaban J connectivity index is 2.75. The van der Waals surface area contributed by atoms with Crippen LogP contribution in [0.5, 0.6) is 0 Å². The van der Waals surface area contributed by atoms with Crippen molar-refractivity contribution in [3.8, 4) is 0 Å². The molecule has 0 amide bonds. The number of rotatable bonds is 2. The summed E-state index contributed by atoms with van der Waals surface area (Å²) in [5.41, 5.74) is 4.08. The molecule has 1 aromatic carbocycles. The van der Waals surface area contributed by atoms with E-state index in [1.807, 2.05) is 0 Å². The summed E-state index contributed by atoms with van der Waals surface area (Å²) in [5.74, 6) is 0.567. The molecule has 0 aliphatic heterocycles. The third-order valence-electron chi connectivity index (χ3n) is 2.87. The van der Waals surface area contributed by atoms with Crippen LogP contribution in [-0.4, -0.2) is 4.98 Å². The number of benzene rings is 1. The molecule has 0 atom stereocenters. The van der Waals surface area contributed by atoms with Crippen molar-refractivity contribution in [2.75, 3.05) is 0 Å². The first-order valence-corrected chi connectivity index (χ1v) is 6.22. The van der Waals surface area contributed by atoms with E-state index in [4.69, 9.17) is 0 Å². The van der Waals surface area contributed by atoms with Crippen molar-refractivity contribution in [3.05, 3.63) is 33.9 Å². The van der Waals surface area contributed by atoms with E-state index in [9.17, 15) is 0 Å². The van der Waals surface area contributed by atoms with Gasteiger partial charge in [-0.2, -0.15) is 0 Å². The van der Waals surface area contributed by atoms with E-state index >= 15 is 0 Å². The summed E-state index contributed by atoms with van der Waals surface area (Å²) >= 11 is 3.58. The number of aromatic amines is 1. The number of H-pyrrole nitrogens is 1. The highest BCUT2D eigenvalue weighted by Crippen LogP contribution is 2.30. The van der Waals surface area contributed by atoms with Crippen molar-refractivity contribution in [2.45, 2.75) is 33.1 Å². The number of halogens is 1. The Hall–Kier alpha value is -0.760. The van der Waals surface area contributed by atoms with Gasteiger partial charge in [0.05, 0.1) is 0 Å². The van der Waals surface area contributed by atoms with Crippen LogP contribution in [0.3, 0.4) is 0 Å². The van der Waals surface area contributed by atoms with Gasteiger partial charge in [-0.15, -0.1) is 0 Å². The van der Waals surface area contributed by atoms with Gasteiger partial charge in [-0.1, -0.05) is 36.7 Å². The summed E-state index contributed by atoms with van der Waals surface area (Å²) in [6.45, 7) is 6.65. The summed E-state index contributed by atoms with van der Waals surface area (Å²) in [4.78, 5) is 3.40. The van der Waals surface area contributed by atoms with Gasteiger partial charge >= 0.3 is 0 Å². The van der Waals surface area contributed by atoms with E-state index in [1.165, 1.54) is 26.5 Å². The zero-order valence-electron chi connectivity index (χ0n) is 9.39. The minimum Gasteiger partial charge on any atom is -0.361 e. The third-order valence-corrected chi connectivity index (χ3v) is 3.33. The average Bonchev–Trinajstić information content (AvgIpc) is 2.59. The van der Waals surface area contributed by atoms with Crippen LogP contribution in [0.4, 0.5) is 0 Å². The molecule has 0 aliphatic carbocycles. The first kappa shape index (κ1) is 10.7. The largest absolute Gasteiger partial charge is 0.361 e. The summed E-state index contributed by atoms with van der Waals surface area (Å²) in [7, 11) is 0. The molecule has 1 nitrogen and oxygen atoms in total. The van der Waals surface area contributed by atoms with Gasteiger partial charge < -0.3 is 4.98 Å². The van der Waals surface area contributed by atoms with Crippen LogP contribution < -0.4 is 0 Å². The van der Waals surface area contributed by atoms with E-state index in [0.717, 1.165) is 6.42 Å². The Kier molecular flexibility index (Phi) is 2.87. The van der Waals surface area contributed by atoms with Gasteiger partial charge in [0, 0.05) is 21.6 Å². The SMILES string of the molecule is CCc1cc(Br)cc2c(C(C)C)c[nH]c12. The molecule has 0 fully saturated rings. The zero-order chi connectivity index (χ0) is 11.0. The number of aromatic nitrogens is 1. The molecule has 0 bridgehead atoms. The van der Waals surface area contributed by atoms with Crippen LogP contribution in [-0.2, 0) is 6.42 Å². The molecule has 1 heterocycles. The Labute approximate surface area is 99.0 Å². The maximum atomic E-state index is 3.58. The molecule has 15 heavy (non-hydrogen) atoms. The lowest BCUT2D eigenvalue weighted by molar-refractivity contribution is 0.875. The fourth-order valence-corrected chi connectivity index (χ4v) is 2.55. The Morgan fingerprint density at radius 3 is 2.67 bits per heavy atom. The van der Waals surface area contributed by atoms with Crippen molar-refractivity contribution in [1.29, 1.82) is 0 Å². The highest BCUT2D eigenvalue weighted by atomic mass is 79.9. The van der Waals surface area contributed by atoms with E-state index in [1.54, 1.807) is 0 Å². The molecular formula is C13H16BrN. The lowest BCUT2D eigenvalue weighted by Crippen LogP contribution is -1.86. The van der Waals surface area contributed by atoms with Crippen molar-refractivity contribution < 1.29 is 0 Å². The number of hydrogen-bond donors (Lipinski definition) is 1. The highest BCUT2D eigenvalue weighted by Gasteiger charge is 2.10. The summed E-state index contributed by atoms with van der Waals surface area (Å²) in [6.07, 6.45) is 3.20. The first-order valence-electron chi connectivity index (χ1n) is 5.43. The summed E-state index contributed by atoms with van der Waals surface area (Å²) in [6, 6.07) is 4.41. The molecule has 2 rings (SSSR count). The van der Waals surface area contributed by atoms with Crippen LogP contribution in [0, 0.1) is 0 Å². The van der Waals surface area contributed by atoms with Crippen molar-refractivity contribution in [2.24, 2.45) is 0 Å². The molecule has 0 radical (unpaired) electrons. The molecule has 0 saturated carbocycles. The standard InChI is InChI=1S/C13H16BrN/c1-4-9-5-10(14)6-11-12(8(2)3)7-15-13(9)11/h5-8,15H,4H2,1-3H3. The second-order valence-electron chi connectivity index (χ2n) is 4.24. The fourth-order valence-electron chi connectivity index (χ4n) is 2.05. The van der Waals surface area contributed by atoms with Gasteiger partial charge in [0.15, 0.2) is 0 Å². The zero-order valence-corrected chi connectivity index (χ0v) is 11.0. The maximum Gasteiger partial charge on any atom is 0.0490 e. The molecule has 2 aromatic rings. The molecule has 0 aliphatic rings. The summed E-state index contributed by atoms with van der Waals surface area (Å²) < 4.78 is 1.17. The van der Waals surface area contributed by atoms with Crippen LogP contribution in [0.2, 0.25) is 0 Å². The Morgan fingerprint density at radius 1 is 1.33 bits per heavy atom. The monoisotopic (exact) mass is 265 g/mol. The van der Waals surface area contributed by atoms with Gasteiger partial charge in [-0.25, -0.2) is 0 Å². The number of fused-ring (bicyclic) bond motifs is 1. The normalized spacial score (nSPS) is 11.5. The molecule has 1 aromatic heterocycles. The van der Waals surface area contributed by atoms with E-state index in [0.29, 0.717) is 5.92 Å². The molecule has 1 N–H and O–H groups in total. The Bertz CT molecular complexity index is 482.